The molecule has 0 spiro atoms. The van der Waals surface area contributed by atoms with E-state index >= 15 is 0 Å². The number of hydrogen-bond donors (Lipinski definition) is 1. The van der Waals surface area contributed by atoms with Gasteiger partial charge < -0.3 is 9.84 Å². The molecule has 0 amide bonds. The van der Waals surface area contributed by atoms with Crippen molar-refractivity contribution in [2.45, 2.75) is 19.9 Å². The molecule has 0 saturated carbocycles. The second kappa shape index (κ2) is 5.46. The lowest BCUT2D eigenvalue weighted by atomic mass is 10.2. The smallest absolute Gasteiger partial charge is 0.243 e. The van der Waals surface area contributed by atoms with E-state index in [2.05, 4.69) is 15.5 Å². The van der Waals surface area contributed by atoms with Gasteiger partial charge in [-0.3, -0.25) is 0 Å². The quantitative estimate of drug-likeness (QED) is 0.926. The van der Waals surface area contributed by atoms with E-state index in [4.69, 9.17) is 16.1 Å². The van der Waals surface area contributed by atoms with E-state index in [1.54, 1.807) is 0 Å². The lowest BCUT2D eigenvalue weighted by Crippen LogP contribution is -2.17. The fourth-order valence-electron chi connectivity index (χ4n) is 1.58. The maximum absolute atomic E-state index is 12.9. The first kappa shape index (κ1) is 13.0. The zero-order valence-corrected chi connectivity index (χ0v) is 10.8. The van der Waals surface area contributed by atoms with Gasteiger partial charge in [0, 0.05) is 5.56 Å². The van der Waals surface area contributed by atoms with Gasteiger partial charge in [0.25, 0.3) is 0 Å². The minimum Gasteiger partial charge on any atom is -0.337 e. The van der Waals surface area contributed by atoms with Crippen molar-refractivity contribution >= 4 is 11.6 Å². The summed E-state index contributed by atoms with van der Waals surface area (Å²) in [6, 6.07) is 4.03. The second-order valence-electron chi connectivity index (χ2n) is 3.86. The number of nitrogens with one attached hydrogen (secondary N) is 1. The Hall–Kier alpha value is -1.46. The summed E-state index contributed by atoms with van der Waals surface area (Å²) in [6.45, 7) is 4.72. The van der Waals surface area contributed by atoms with E-state index in [-0.39, 0.29) is 11.1 Å². The highest BCUT2D eigenvalue weighted by Crippen LogP contribution is 2.27. The standard InChI is InChI=1S/C12H13ClFN3O/c1-3-15-7(2)12-16-11(17-18-12)9-5-4-8(14)6-10(9)13/h4-7,15H,3H2,1-2H3. The van der Waals surface area contributed by atoms with Crippen molar-refractivity contribution in [3.8, 4) is 11.4 Å². The molecule has 0 saturated heterocycles. The molecule has 1 aromatic heterocycles. The molecule has 1 N–H and O–H groups in total. The topological polar surface area (TPSA) is 51.0 Å². The van der Waals surface area contributed by atoms with Gasteiger partial charge in [-0.1, -0.05) is 23.7 Å². The summed E-state index contributed by atoms with van der Waals surface area (Å²) in [7, 11) is 0. The summed E-state index contributed by atoms with van der Waals surface area (Å²) in [5.74, 6) is 0.445. The number of halogens is 2. The molecular weight excluding hydrogens is 257 g/mol. The van der Waals surface area contributed by atoms with Crippen LogP contribution in [0.3, 0.4) is 0 Å². The predicted molar refractivity (Wildman–Crippen MR) is 66.8 cm³/mol. The molecule has 1 atom stereocenters. The van der Waals surface area contributed by atoms with Gasteiger partial charge in [0.2, 0.25) is 11.7 Å². The van der Waals surface area contributed by atoms with Crippen LogP contribution in [0.15, 0.2) is 22.7 Å². The summed E-state index contributed by atoms with van der Waals surface area (Å²) in [4.78, 5) is 4.24. The van der Waals surface area contributed by atoms with E-state index in [1.807, 2.05) is 13.8 Å². The van der Waals surface area contributed by atoms with Crippen molar-refractivity contribution in [3.63, 3.8) is 0 Å². The second-order valence-corrected chi connectivity index (χ2v) is 4.27. The molecular formula is C12H13ClFN3O. The first-order valence-corrected chi connectivity index (χ1v) is 6.02. The van der Waals surface area contributed by atoms with Crippen LogP contribution in [0.2, 0.25) is 5.02 Å². The van der Waals surface area contributed by atoms with Crippen molar-refractivity contribution in [2.75, 3.05) is 6.54 Å². The maximum atomic E-state index is 12.9. The first-order chi connectivity index (χ1) is 8.61. The van der Waals surface area contributed by atoms with Crippen LogP contribution in [0, 0.1) is 5.82 Å². The highest BCUT2D eigenvalue weighted by Gasteiger charge is 2.16. The number of benzene rings is 1. The fraction of sp³-hybridized carbons (Fsp3) is 0.333. The Bertz CT molecular complexity index is 544. The van der Waals surface area contributed by atoms with Gasteiger partial charge in [0.15, 0.2) is 0 Å². The minimum absolute atomic E-state index is 0.0320. The van der Waals surface area contributed by atoms with Gasteiger partial charge >= 0.3 is 0 Å². The summed E-state index contributed by atoms with van der Waals surface area (Å²) < 4.78 is 18.1. The third kappa shape index (κ3) is 2.68. The number of rotatable bonds is 4. The molecule has 0 aliphatic carbocycles. The van der Waals surface area contributed by atoms with Gasteiger partial charge in [0.1, 0.15) is 5.82 Å². The Morgan fingerprint density at radius 2 is 2.28 bits per heavy atom. The molecule has 1 unspecified atom stereocenters. The third-order valence-corrected chi connectivity index (χ3v) is 2.81. The Labute approximate surface area is 109 Å². The van der Waals surface area contributed by atoms with E-state index in [0.717, 1.165) is 6.54 Å². The number of hydrogen-bond acceptors (Lipinski definition) is 4. The zero-order chi connectivity index (χ0) is 13.1. The minimum atomic E-state index is -0.395. The third-order valence-electron chi connectivity index (χ3n) is 2.49. The first-order valence-electron chi connectivity index (χ1n) is 5.64. The normalized spacial score (nSPS) is 12.7. The lowest BCUT2D eigenvalue weighted by molar-refractivity contribution is 0.342. The number of nitrogens with zero attached hydrogens (tertiary/aromatic N) is 2. The van der Waals surface area contributed by atoms with Gasteiger partial charge in [-0.15, -0.1) is 0 Å². The van der Waals surface area contributed by atoms with Crippen molar-refractivity contribution in [2.24, 2.45) is 0 Å². The molecule has 2 rings (SSSR count). The molecule has 96 valence electrons. The molecule has 4 nitrogen and oxygen atoms in total. The summed E-state index contributed by atoms with van der Waals surface area (Å²) >= 11 is 5.94. The molecule has 1 heterocycles. The van der Waals surface area contributed by atoms with Crippen molar-refractivity contribution < 1.29 is 8.91 Å². The Kier molecular flexibility index (Phi) is 3.93. The molecule has 2 aromatic rings. The molecule has 0 aliphatic heterocycles. The summed E-state index contributed by atoms with van der Waals surface area (Å²) in [5, 5.41) is 7.27. The molecule has 18 heavy (non-hydrogen) atoms. The summed E-state index contributed by atoms with van der Waals surface area (Å²) in [6.07, 6.45) is 0. The predicted octanol–water partition coefficient (Wildman–Crippen LogP) is 3.20. The molecule has 0 radical (unpaired) electrons. The average Bonchev–Trinajstić information content (AvgIpc) is 2.78. The summed E-state index contributed by atoms with van der Waals surface area (Å²) in [5.41, 5.74) is 0.553. The lowest BCUT2D eigenvalue weighted by Gasteiger charge is -2.05. The van der Waals surface area contributed by atoms with Crippen LogP contribution in [0.1, 0.15) is 25.8 Å². The maximum Gasteiger partial charge on any atom is 0.243 e. The SMILES string of the molecule is CCNC(C)c1nc(-c2ccc(F)cc2Cl)no1. The molecule has 0 bridgehead atoms. The van der Waals surface area contributed by atoms with Gasteiger partial charge in [-0.05, 0) is 31.7 Å². The van der Waals surface area contributed by atoms with Crippen LogP contribution < -0.4 is 5.32 Å². The van der Waals surface area contributed by atoms with Crippen LogP contribution >= 0.6 is 11.6 Å². The van der Waals surface area contributed by atoms with Gasteiger partial charge in [0.05, 0.1) is 11.1 Å². The Balaban J connectivity index is 2.29. The molecule has 1 aromatic carbocycles. The molecule has 0 fully saturated rings. The highest BCUT2D eigenvalue weighted by molar-refractivity contribution is 6.33. The van der Waals surface area contributed by atoms with E-state index in [9.17, 15) is 4.39 Å². The number of aromatic nitrogens is 2. The zero-order valence-electron chi connectivity index (χ0n) is 10.1. The Morgan fingerprint density at radius 1 is 1.50 bits per heavy atom. The van der Waals surface area contributed by atoms with Crippen LogP contribution in [0.5, 0.6) is 0 Å². The van der Waals surface area contributed by atoms with E-state index < -0.39 is 5.82 Å². The van der Waals surface area contributed by atoms with Crippen molar-refractivity contribution in [3.05, 3.63) is 34.9 Å². The highest BCUT2D eigenvalue weighted by atomic mass is 35.5. The van der Waals surface area contributed by atoms with Crippen LogP contribution in [-0.4, -0.2) is 16.7 Å². The Morgan fingerprint density at radius 3 is 2.94 bits per heavy atom. The largest absolute Gasteiger partial charge is 0.337 e. The fourth-order valence-corrected chi connectivity index (χ4v) is 1.84. The van der Waals surface area contributed by atoms with E-state index in [0.29, 0.717) is 17.3 Å². The van der Waals surface area contributed by atoms with Crippen molar-refractivity contribution in [1.29, 1.82) is 0 Å². The molecule has 6 heteroatoms. The van der Waals surface area contributed by atoms with Crippen LogP contribution in [0.25, 0.3) is 11.4 Å². The van der Waals surface area contributed by atoms with Crippen LogP contribution in [0.4, 0.5) is 4.39 Å². The van der Waals surface area contributed by atoms with Gasteiger partial charge in [-0.25, -0.2) is 4.39 Å². The monoisotopic (exact) mass is 269 g/mol. The van der Waals surface area contributed by atoms with E-state index in [1.165, 1.54) is 18.2 Å². The van der Waals surface area contributed by atoms with Gasteiger partial charge in [-0.2, -0.15) is 4.98 Å². The average molecular weight is 270 g/mol. The van der Waals surface area contributed by atoms with Crippen molar-refractivity contribution in [1.82, 2.24) is 15.5 Å². The molecule has 0 aliphatic rings. The van der Waals surface area contributed by atoms with Crippen LogP contribution in [-0.2, 0) is 0 Å².